The van der Waals surface area contributed by atoms with Crippen molar-refractivity contribution in [3.8, 4) is 0 Å². The minimum absolute atomic E-state index is 0.0609. The smallest absolute Gasteiger partial charge is 0.268 e. The number of nitro benzene ring substituents is 1. The number of carbonyl (C=O) groups is 1. The first-order valence-corrected chi connectivity index (χ1v) is 8.34. The first kappa shape index (κ1) is 16.6. The van der Waals surface area contributed by atoms with Gasteiger partial charge >= 0.3 is 0 Å². The number of hydrogen-bond donors (Lipinski definition) is 0. The van der Waals surface area contributed by atoms with Gasteiger partial charge in [0.15, 0.2) is 4.32 Å². The van der Waals surface area contributed by atoms with E-state index in [0.29, 0.717) is 25.5 Å². The van der Waals surface area contributed by atoms with Crippen LogP contribution in [0.3, 0.4) is 0 Å². The summed E-state index contributed by atoms with van der Waals surface area (Å²) >= 11 is 12.2. The van der Waals surface area contributed by atoms with Gasteiger partial charge in [-0.3, -0.25) is 19.8 Å². The standard InChI is InChI=1S/C16H9ClN2O3S2/c17-11-5-7-12(8-6-11)18-15(20)14(24-16(18)23)9-10-3-1-2-4-13(10)19(21)22/h1-9H/b14-9-. The van der Waals surface area contributed by atoms with E-state index < -0.39 is 4.92 Å². The molecule has 24 heavy (non-hydrogen) atoms. The molecule has 1 saturated heterocycles. The van der Waals surface area contributed by atoms with Crippen LogP contribution in [-0.4, -0.2) is 15.2 Å². The molecule has 5 nitrogen and oxygen atoms in total. The molecule has 120 valence electrons. The number of thiocarbonyl (C=S) groups is 1. The van der Waals surface area contributed by atoms with Gasteiger partial charge < -0.3 is 0 Å². The first-order chi connectivity index (χ1) is 11.5. The Hall–Kier alpha value is -2.22. The predicted octanol–water partition coefficient (Wildman–Crippen LogP) is 4.65. The van der Waals surface area contributed by atoms with Crippen molar-refractivity contribution < 1.29 is 9.72 Å². The third-order valence-electron chi connectivity index (χ3n) is 3.30. The van der Waals surface area contributed by atoms with Gasteiger partial charge in [-0.15, -0.1) is 0 Å². The molecule has 0 spiro atoms. The highest BCUT2D eigenvalue weighted by Crippen LogP contribution is 2.37. The molecule has 0 N–H and O–H groups in total. The van der Waals surface area contributed by atoms with Crippen LogP contribution in [0.1, 0.15) is 5.56 Å². The zero-order chi connectivity index (χ0) is 17.3. The number of benzene rings is 2. The Morgan fingerprint density at radius 2 is 1.83 bits per heavy atom. The lowest BCUT2D eigenvalue weighted by Gasteiger charge is -2.14. The molecule has 8 heteroatoms. The van der Waals surface area contributed by atoms with Crippen LogP contribution in [0, 0.1) is 10.1 Å². The second kappa shape index (κ2) is 6.72. The average Bonchev–Trinajstić information content (AvgIpc) is 2.83. The van der Waals surface area contributed by atoms with Crippen LogP contribution in [0.15, 0.2) is 53.4 Å². The molecule has 0 unspecified atom stereocenters. The Kier molecular flexibility index (Phi) is 4.66. The Morgan fingerprint density at radius 3 is 2.50 bits per heavy atom. The summed E-state index contributed by atoms with van der Waals surface area (Å²) in [5.41, 5.74) is 0.904. The lowest BCUT2D eigenvalue weighted by molar-refractivity contribution is -0.385. The topological polar surface area (TPSA) is 63.4 Å². The quantitative estimate of drug-likeness (QED) is 0.337. The van der Waals surface area contributed by atoms with Gasteiger partial charge in [0.25, 0.3) is 11.6 Å². The maximum atomic E-state index is 12.6. The van der Waals surface area contributed by atoms with Crippen molar-refractivity contribution in [1.29, 1.82) is 0 Å². The van der Waals surface area contributed by atoms with Crippen LogP contribution in [-0.2, 0) is 4.79 Å². The van der Waals surface area contributed by atoms with Crippen molar-refractivity contribution in [3.05, 3.63) is 74.1 Å². The normalized spacial score (nSPS) is 16.0. The zero-order valence-corrected chi connectivity index (χ0v) is 14.4. The molecular formula is C16H9ClN2O3S2. The number of nitrogens with zero attached hydrogens (tertiary/aromatic N) is 2. The van der Waals surface area contributed by atoms with E-state index in [1.165, 1.54) is 17.0 Å². The fourth-order valence-electron chi connectivity index (χ4n) is 2.20. The largest absolute Gasteiger partial charge is 0.276 e. The molecule has 1 amide bonds. The lowest BCUT2D eigenvalue weighted by atomic mass is 10.1. The second-order valence-electron chi connectivity index (χ2n) is 4.81. The Labute approximate surface area is 152 Å². The number of nitro groups is 1. The molecule has 1 fully saturated rings. The van der Waals surface area contributed by atoms with Gasteiger partial charge in [-0.2, -0.15) is 0 Å². The lowest BCUT2D eigenvalue weighted by Crippen LogP contribution is -2.27. The van der Waals surface area contributed by atoms with E-state index >= 15 is 0 Å². The highest BCUT2D eigenvalue weighted by molar-refractivity contribution is 8.27. The first-order valence-electron chi connectivity index (χ1n) is 6.74. The van der Waals surface area contributed by atoms with Gasteiger partial charge in [-0.05, 0) is 36.4 Å². The Morgan fingerprint density at radius 1 is 1.17 bits per heavy atom. The van der Waals surface area contributed by atoms with Gasteiger partial charge in [0, 0.05) is 11.1 Å². The van der Waals surface area contributed by atoms with Gasteiger partial charge in [0.1, 0.15) is 0 Å². The molecule has 0 atom stereocenters. The number of hydrogen-bond acceptors (Lipinski definition) is 5. The van der Waals surface area contributed by atoms with Gasteiger partial charge in [0.2, 0.25) is 0 Å². The molecule has 2 aromatic carbocycles. The number of thioether (sulfide) groups is 1. The Balaban J connectivity index is 1.97. The van der Waals surface area contributed by atoms with E-state index in [0.717, 1.165) is 11.8 Å². The van der Waals surface area contributed by atoms with E-state index in [-0.39, 0.29) is 11.6 Å². The molecule has 0 radical (unpaired) electrons. The van der Waals surface area contributed by atoms with Gasteiger partial charge in [-0.25, -0.2) is 0 Å². The van der Waals surface area contributed by atoms with Crippen LogP contribution < -0.4 is 4.90 Å². The third kappa shape index (κ3) is 3.19. The summed E-state index contributed by atoms with van der Waals surface area (Å²) in [7, 11) is 0. The number of halogens is 1. The number of para-hydroxylation sites is 1. The molecule has 0 bridgehead atoms. The fraction of sp³-hybridized carbons (Fsp3) is 0. The molecule has 0 aliphatic carbocycles. The molecule has 1 heterocycles. The molecule has 0 saturated carbocycles. The number of anilines is 1. The van der Waals surface area contributed by atoms with Crippen molar-refractivity contribution >= 4 is 63.3 Å². The van der Waals surface area contributed by atoms with E-state index in [1.54, 1.807) is 42.5 Å². The average molecular weight is 377 g/mol. The summed E-state index contributed by atoms with van der Waals surface area (Å²) in [6, 6.07) is 13.0. The van der Waals surface area contributed by atoms with Gasteiger partial charge in [0.05, 0.1) is 21.1 Å². The highest BCUT2D eigenvalue weighted by Gasteiger charge is 2.33. The van der Waals surface area contributed by atoms with Crippen LogP contribution >= 0.6 is 35.6 Å². The SMILES string of the molecule is O=C1/C(=C/c2ccccc2[N+](=O)[O-])SC(=S)N1c1ccc(Cl)cc1. The monoisotopic (exact) mass is 376 g/mol. The molecule has 1 aliphatic heterocycles. The van der Waals surface area contributed by atoms with Crippen LogP contribution in [0.25, 0.3) is 6.08 Å². The summed E-state index contributed by atoms with van der Waals surface area (Å²) in [4.78, 5) is 25.0. The van der Waals surface area contributed by atoms with Crippen molar-refractivity contribution in [2.45, 2.75) is 0 Å². The number of amides is 1. The zero-order valence-electron chi connectivity index (χ0n) is 12.0. The molecule has 1 aliphatic rings. The maximum Gasteiger partial charge on any atom is 0.276 e. The molecule has 0 aromatic heterocycles. The van der Waals surface area contributed by atoms with Crippen LogP contribution in [0.5, 0.6) is 0 Å². The highest BCUT2D eigenvalue weighted by atomic mass is 35.5. The summed E-state index contributed by atoms with van der Waals surface area (Å²) in [5.74, 6) is -0.314. The van der Waals surface area contributed by atoms with Crippen molar-refractivity contribution in [2.24, 2.45) is 0 Å². The number of rotatable bonds is 3. The molecule has 3 rings (SSSR count). The maximum absolute atomic E-state index is 12.6. The Bertz CT molecular complexity index is 881. The van der Waals surface area contributed by atoms with Crippen molar-refractivity contribution in [3.63, 3.8) is 0 Å². The van der Waals surface area contributed by atoms with Crippen LogP contribution in [0.4, 0.5) is 11.4 Å². The summed E-state index contributed by atoms with van der Waals surface area (Å²) < 4.78 is 0.368. The second-order valence-corrected chi connectivity index (χ2v) is 6.92. The number of carbonyl (C=O) groups excluding carboxylic acids is 1. The summed E-state index contributed by atoms with van der Waals surface area (Å²) in [5, 5.41) is 11.7. The van der Waals surface area contributed by atoms with Crippen molar-refractivity contribution in [1.82, 2.24) is 0 Å². The predicted molar refractivity (Wildman–Crippen MR) is 100 cm³/mol. The molecule has 2 aromatic rings. The third-order valence-corrected chi connectivity index (χ3v) is 4.85. The summed E-state index contributed by atoms with van der Waals surface area (Å²) in [6.45, 7) is 0. The van der Waals surface area contributed by atoms with Crippen LogP contribution in [0.2, 0.25) is 5.02 Å². The minimum atomic E-state index is -0.480. The summed E-state index contributed by atoms with van der Waals surface area (Å²) in [6.07, 6.45) is 1.49. The van der Waals surface area contributed by atoms with Crippen molar-refractivity contribution in [2.75, 3.05) is 4.90 Å². The molecular weight excluding hydrogens is 368 g/mol. The van der Waals surface area contributed by atoms with Gasteiger partial charge in [-0.1, -0.05) is 47.7 Å². The van der Waals surface area contributed by atoms with E-state index in [2.05, 4.69) is 0 Å². The van der Waals surface area contributed by atoms with E-state index in [4.69, 9.17) is 23.8 Å². The fourth-order valence-corrected chi connectivity index (χ4v) is 3.61. The minimum Gasteiger partial charge on any atom is -0.268 e. The van der Waals surface area contributed by atoms with E-state index in [1.807, 2.05) is 0 Å². The van der Waals surface area contributed by atoms with E-state index in [9.17, 15) is 14.9 Å².